The lowest BCUT2D eigenvalue weighted by Crippen LogP contribution is -2.10. The zero-order valence-electron chi connectivity index (χ0n) is 11.2. The molecule has 0 aliphatic carbocycles. The van der Waals surface area contributed by atoms with E-state index in [1.165, 1.54) is 15.8 Å². The Morgan fingerprint density at radius 2 is 2.11 bits per heavy atom. The first-order valence-corrected chi connectivity index (χ1v) is 7.18. The van der Waals surface area contributed by atoms with Crippen molar-refractivity contribution < 1.29 is 9.13 Å². The largest absolute Gasteiger partial charge is 0.486 e. The first-order valence-electron chi connectivity index (χ1n) is 6.37. The fraction of sp³-hybridized carbons (Fsp3) is 0.333. The van der Waals surface area contributed by atoms with Crippen molar-refractivity contribution in [2.75, 3.05) is 6.54 Å². The van der Waals surface area contributed by atoms with E-state index in [4.69, 9.17) is 4.74 Å². The molecular formula is C15H18FNOS. The second-order valence-corrected chi connectivity index (χ2v) is 5.63. The second-order valence-electron chi connectivity index (χ2n) is 4.29. The summed E-state index contributed by atoms with van der Waals surface area (Å²) in [4.78, 5) is 2.51. The average Bonchev–Trinajstić information content (AvgIpc) is 2.76. The number of para-hydroxylation sites is 1. The molecule has 2 aromatic rings. The SMILES string of the molecule is CCNCc1cc(COc2ccccc2F)c(C)s1. The number of aryl methyl sites for hydroxylation is 1. The molecule has 1 aromatic carbocycles. The van der Waals surface area contributed by atoms with Gasteiger partial charge < -0.3 is 10.1 Å². The van der Waals surface area contributed by atoms with Crippen LogP contribution in [0.4, 0.5) is 4.39 Å². The van der Waals surface area contributed by atoms with Crippen LogP contribution in [-0.4, -0.2) is 6.54 Å². The van der Waals surface area contributed by atoms with Crippen LogP contribution in [0.2, 0.25) is 0 Å². The summed E-state index contributed by atoms with van der Waals surface area (Å²) in [6.45, 7) is 6.40. The molecule has 2 nitrogen and oxygen atoms in total. The minimum atomic E-state index is -0.316. The number of nitrogens with one attached hydrogen (secondary N) is 1. The Morgan fingerprint density at radius 3 is 2.84 bits per heavy atom. The first-order chi connectivity index (χ1) is 9.20. The lowest BCUT2D eigenvalue weighted by atomic mass is 10.2. The molecule has 0 aliphatic heterocycles. The highest BCUT2D eigenvalue weighted by Gasteiger charge is 2.07. The van der Waals surface area contributed by atoms with Crippen LogP contribution in [0.1, 0.15) is 22.2 Å². The summed E-state index contributed by atoms with van der Waals surface area (Å²) in [5.74, 6) is -0.00964. The Hall–Kier alpha value is -1.39. The molecular weight excluding hydrogens is 261 g/mol. The molecule has 0 aliphatic rings. The van der Waals surface area contributed by atoms with Gasteiger partial charge in [-0.05, 0) is 31.7 Å². The second kappa shape index (κ2) is 6.68. The fourth-order valence-electron chi connectivity index (χ4n) is 1.78. The van der Waals surface area contributed by atoms with Gasteiger partial charge in [0.1, 0.15) is 6.61 Å². The van der Waals surface area contributed by atoms with E-state index in [1.807, 2.05) is 0 Å². The quantitative estimate of drug-likeness (QED) is 0.866. The van der Waals surface area contributed by atoms with Crippen molar-refractivity contribution >= 4 is 11.3 Å². The number of halogens is 1. The van der Waals surface area contributed by atoms with Crippen molar-refractivity contribution in [1.82, 2.24) is 5.32 Å². The number of benzene rings is 1. The van der Waals surface area contributed by atoms with Gasteiger partial charge in [-0.25, -0.2) is 4.39 Å². The van der Waals surface area contributed by atoms with E-state index in [1.54, 1.807) is 29.5 Å². The maximum Gasteiger partial charge on any atom is 0.165 e. The van der Waals surface area contributed by atoms with Gasteiger partial charge in [0, 0.05) is 21.9 Å². The Bertz CT molecular complexity index is 539. The van der Waals surface area contributed by atoms with Crippen molar-refractivity contribution in [3.05, 3.63) is 51.5 Å². The van der Waals surface area contributed by atoms with Crippen molar-refractivity contribution in [1.29, 1.82) is 0 Å². The Balaban J connectivity index is 1.99. The van der Waals surface area contributed by atoms with Crippen LogP contribution in [0, 0.1) is 12.7 Å². The molecule has 0 bridgehead atoms. The molecule has 0 saturated carbocycles. The van der Waals surface area contributed by atoms with Crippen molar-refractivity contribution in [3.63, 3.8) is 0 Å². The van der Waals surface area contributed by atoms with E-state index in [0.29, 0.717) is 12.4 Å². The zero-order chi connectivity index (χ0) is 13.7. The Kier molecular flexibility index (Phi) is 4.93. The van der Waals surface area contributed by atoms with Crippen LogP contribution in [0.3, 0.4) is 0 Å². The third-order valence-electron chi connectivity index (χ3n) is 2.84. The maximum absolute atomic E-state index is 13.4. The van der Waals surface area contributed by atoms with Crippen LogP contribution < -0.4 is 10.1 Å². The molecule has 1 aromatic heterocycles. The number of ether oxygens (including phenoxy) is 1. The maximum atomic E-state index is 13.4. The van der Waals surface area contributed by atoms with Gasteiger partial charge in [0.05, 0.1) is 0 Å². The van der Waals surface area contributed by atoms with Crippen molar-refractivity contribution in [2.45, 2.75) is 27.0 Å². The van der Waals surface area contributed by atoms with Crippen molar-refractivity contribution in [3.8, 4) is 5.75 Å². The van der Waals surface area contributed by atoms with E-state index in [0.717, 1.165) is 18.7 Å². The summed E-state index contributed by atoms with van der Waals surface area (Å²) in [5.41, 5.74) is 1.13. The summed E-state index contributed by atoms with van der Waals surface area (Å²) in [5, 5.41) is 3.30. The fourth-order valence-corrected chi connectivity index (χ4v) is 2.80. The van der Waals surface area contributed by atoms with Crippen LogP contribution >= 0.6 is 11.3 Å². The Morgan fingerprint density at radius 1 is 1.32 bits per heavy atom. The zero-order valence-corrected chi connectivity index (χ0v) is 12.0. The smallest absolute Gasteiger partial charge is 0.165 e. The molecule has 0 spiro atoms. The molecule has 1 heterocycles. The summed E-state index contributed by atoms with van der Waals surface area (Å²) in [7, 11) is 0. The van der Waals surface area contributed by atoms with E-state index in [9.17, 15) is 4.39 Å². The van der Waals surface area contributed by atoms with Crippen LogP contribution in [-0.2, 0) is 13.2 Å². The topological polar surface area (TPSA) is 21.3 Å². The molecule has 102 valence electrons. The van der Waals surface area contributed by atoms with Gasteiger partial charge in [0.25, 0.3) is 0 Å². The van der Waals surface area contributed by atoms with E-state index in [-0.39, 0.29) is 5.82 Å². The highest BCUT2D eigenvalue weighted by atomic mass is 32.1. The lowest BCUT2D eigenvalue weighted by molar-refractivity contribution is 0.290. The van der Waals surface area contributed by atoms with Crippen LogP contribution in [0.5, 0.6) is 5.75 Å². The third kappa shape index (κ3) is 3.78. The molecule has 0 radical (unpaired) electrons. The standard InChI is InChI=1S/C15H18FNOS/c1-3-17-9-13-8-12(11(2)19-13)10-18-15-7-5-4-6-14(15)16/h4-8,17H,3,9-10H2,1-2H3. The van der Waals surface area contributed by atoms with Gasteiger partial charge in [-0.3, -0.25) is 0 Å². The number of hydrogen-bond donors (Lipinski definition) is 1. The summed E-state index contributed by atoms with van der Waals surface area (Å²) in [6, 6.07) is 8.62. The van der Waals surface area contributed by atoms with Crippen molar-refractivity contribution in [2.24, 2.45) is 0 Å². The van der Waals surface area contributed by atoms with Gasteiger partial charge in [-0.15, -0.1) is 11.3 Å². The van der Waals surface area contributed by atoms with Gasteiger partial charge in [-0.2, -0.15) is 0 Å². The van der Waals surface area contributed by atoms with Gasteiger partial charge in [-0.1, -0.05) is 19.1 Å². The number of hydrogen-bond acceptors (Lipinski definition) is 3. The van der Waals surface area contributed by atoms with Crippen LogP contribution in [0.25, 0.3) is 0 Å². The van der Waals surface area contributed by atoms with Gasteiger partial charge >= 0.3 is 0 Å². The summed E-state index contributed by atoms with van der Waals surface area (Å²) >= 11 is 1.76. The molecule has 1 N–H and O–H groups in total. The minimum absolute atomic E-state index is 0.307. The number of rotatable bonds is 6. The predicted octanol–water partition coefficient (Wildman–Crippen LogP) is 3.88. The van der Waals surface area contributed by atoms with Gasteiger partial charge in [0.15, 0.2) is 11.6 Å². The predicted molar refractivity (Wildman–Crippen MR) is 77.2 cm³/mol. The molecule has 0 atom stereocenters. The lowest BCUT2D eigenvalue weighted by Gasteiger charge is -2.06. The minimum Gasteiger partial charge on any atom is -0.486 e. The normalized spacial score (nSPS) is 10.7. The van der Waals surface area contributed by atoms with E-state index in [2.05, 4.69) is 25.2 Å². The molecule has 0 saturated heterocycles. The molecule has 4 heteroatoms. The number of thiophene rings is 1. The molecule has 19 heavy (non-hydrogen) atoms. The average molecular weight is 279 g/mol. The molecule has 0 fully saturated rings. The first kappa shape index (κ1) is 14.0. The summed E-state index contributed by atoms with van der Waals surface area (Å²) in [6.07, 6.45) is 0. The third-order valence-corrected chi connectivity index (χ3v) is 3.93. The molecule has 0 unspecified atom stereocenters. The molecule has 0 amide bonds. The van der Waals surface area contributed by atoms with Crippen LogP contribution in [0.15, 0.2) is 30.3 Å². The Labute approximate surface area is 117 Å². The van der Waals surface area contributed by atoms with Gasteiger partial charge in [0.2, 0.25) is 0 Å². The monoisotopic (exact) mass is 279 g/mol. The molecule has 2 rings (SSSR count). The highest BCUT2D eigenvalue weighted by molar-refractivity contribution is 7.12. The highest BCUT2D eigenvalue weighted by Crippen LogP contribution is 2.24. The van der Waals surface area contributed by atoms with E-state index < -0.39 is 0 Å². The van der Waals surface area contributed by atoms with E-state index >= 15 is 0 Å². The summed E-state index contributed by atoms with van der Waals surface area (Å²) < 4.78 is 19.0.